The fourth-order valence-electron chi connectivity index (χ4n) is 4.18. The molecule has 0 bridgehead atoms. The predicted molar refractivity (Wildman–Crippen MR) is 139 cm³/mol. The molecule has 4 aromatic rings. The highest BCUT2D eigenvalue weighted by Crippen LogP contribution is 2.39. The maximum Gasteiger partial charge on any atom is 0.362 e. The highest BCUT2D eigenvalue weighted by molar-refractivity contribution is 6.37. The number of aromatic carboxylic acids is 1. The first-order chi connectivity index (χ1) is 19.0. The molecule has 2 heterocycles. The lowest BCUT2D eigenvalue weighted by Crippen LogP contribution is -2.37. The van der Waals surface area contributed by atoms with Crippen LogP contribution in [0.2, 0.25) is 10.0 Å². The molecule has 1 aromatic heterocycles. The Balaban J connectivity index is 1.38. The summed E-state index contributed by atoms with van der Waals surface area (Å²) in [5.74, 6) is -3.53. The van der Waals surface area contributed by atoms with Crippen molar-refractivity contribution in [1.82, 2.24) is 19.7 Å². The van der Waals surface area contributed by atoms with Gasteiger partial charge in [-0.05, 0) is 60.0 Å². The molecule has 0 spiro atoms. The van der Waals surface area contributed by atoms with Gasteiger partial charge < -0.3 is 14.7 Å². The number of rotatable bonds is 6. The summed E-state index contributed by atoms with van der Waals surface area (Å²) < 4.78 is 33.3. The molecule has 2 N–H and O–H groups in total. The number of halogens is 4. The van der Waals surface area contributed by atoms with Crippen molar-refractivity contribution >= 4 is 35.1 Å². The van der Waals surface area contributed by atoms with Gasteiger partial charge in [0.25, 0.3) is 11.5 Å². The van der Waals surface area contributed by atoms with E-state index in [1.165, 1.54) is 29.2 Å². The van der Waals surface area contributed by atoms with Gasteiger partial charge >= 0.3 is 11.7 Å². The Morgan fingerprint density at radius 3 is 2.42 bits per heavy atom. The van der Waals surface area contributed by atoms with E-state index in [1.54, 1.807) is 12.1 Å². The van der Waals surface area contributed by atoms with E-state index in [4.69, 9.17) is 33.0 Å². The number of carbonyl (C=O) groups excluding carboxylic acids is 1. The van der Waals surface area contributed by atoms with Crippen LogP contribution < -0.4 is 16.0 Å². The topological polar surface area (TPSA) is 135 Å². The maximum atomic E-state index is 13.6. The Kier molecular flexibility index (Phi) is 7.13. The minimum absolute atomic E-state index is 0.0186. The third-order valence-corrected chi connectivity index (χ3v) is 6.64. The minimum atomic E-state index is -1.63. The molecule has 0 fully saturated rings. The van der Waals surface area contributed by atoms with E-state index in [2.05, 4.69) is 5.10 Å². The van der Waals surface area contributed by atoms with Gasteiger partial charge in [0.2, 0.25) is 5.69 Å². The number of benzene rings is 3. The van der Waals surface area contributed by atoms with Crippen LogP contribution in [0.4, 0.5) is 8.78 Å². The zero-order chi connectivity index (χ0) is 28.7. The molecule has 0 aliphatic carbocycles. The fraction of sp³-hybridized carbons (Fsp3) is 0.115. The van der Waals surface area contributed by atoms with Crippen LogP contribution in [-0.4, -0.2) is 43.2 Å². The number of amides is 1. The molecular weight excluding hydrogens is 573 g/mol. The van der Waals surface area contributed by atoms with Crippen LogP contribution in [0.15, 0.2) is 58.1 Å². The molecule has 1 aliphatic rings. The van der Waals surface area contributed by atoms with Gasteiger partial charge in [-0.2, -0.15) is 9.78 Å². The number of carbonyl (C=O) groups is 2. The largest absolute Gasteiger partial charge is 0.476 e. The molecule has 5 rings (SSSR count). The number of ether oxygens (including phenoxy) is 1. The molecule has 1 aliphatic heterocycles. The Hall–Kier alpha value is -4.55. The Morgan fingerprint density at radius 2 is 1.75 bits per heavy atom. The van der Waals surface area contributed by atoms with E-state index in [-0.39, 0.29) is 33.9 Å². The van der Waals surface area contributed by atoms with Crippen LogP contribution in [0.1, 0.15) is 32.0 Å². The van der Waals surface area contributed by atoms with Gasteiger partial charge in [0.1, 0.15) is 5.75 Å². The van der Waals surface area contributed by atoms with Crippen molar-refractivity contribution in [2.24, 2.45) is 0 Å². The van der Waals surface area contributed by atoms with Crippen LogP contribution in [0.5, 0.6) is 11.5 Å². The van der Waals surface area contributed by atoms with Crippen LogP contribution in [0.25, 0.3) is 5.69 Å². The smallest absolute Gasteiger partial charge is 0.362 e. The fourth-order valence-corrected chi connectivity index (χ4v) is 4.74. The molecule has 3 aromatic carbocycles. The first kappa shape index (κ1) is 27.0. The highest BCUT2D eigenvalue weighted by atomic mass is 35.5. The maximum absolute atomic E-state index is 13.6. The predicted octanol–water partition coefficient (Wildman–Crippen LogP) is 4.19. The second kappa shape index (κ2) is 10.5. The van der Waals surface area contributed by atoms with Gasteiger partial charge in [-0.25, -0.2) is 18.4 Å². The van der Waals surface area contributed by atoms with E-state index >= 15 is 0 Å². The second-order valence-electron chi connectivity index (χ2n) is 8.71. The summed E-state index contributed by atoms with van der Waals surface area (Å²) in [5.41, 5.74) is -1.52. The van der Waals surface area contributed by atoms with E-state index in [0.717, 1.165) is 12.1 Å². The molecule has 14 heteroatoms. The molecule has 204 valence electrons. The summed E-state index contributed by atoms with van der Waals surface area (Å²) in [6, 6.07) is 10.7. The van der Waals surface area contributed by atoms with Gasteiger partial charge in [0.05, 0.1) is 15.7 Å². The summed E-state index contributed by atoms with van der Waals surface area (Å²) >= 11 is 12.7. The van der Waals surface area contributed by atoms with Crippen molar-refractivity contribution < 1.29 is 28.2 Å². The Labute approximate surface area is 233 Å². The number of nitrogens with zero attached hydrogens (tertiary/aromatic N) is 3. The summed E-state index contributed by atoms with van der Waals surface area (Å²) in [6.45, 7) is 0.455. The summed E-state index contributed by atoms with van der Waals surface area (Å²) in [4.78, 5) is 51.5. The number of carboxylic acid groups (broad SMARTS) is 1. The summed E-state index contributed by atoms with van der Waals surface area (Å²) in [7, 11) is 0. The molecule has 10 nitrogen and oxygen atoms in total. The van der Waals surface area contributed by atoms with Crippen molar-refractivity contribution in [3.05, 3.63) is 113 Å². The average Bonchev–Trinajstić information content (AvgIpc) is 2.89. The molecule has 40 heavy (non-hydrogen) atoms. The Bertz CT molecular complexity index is 1800. The quantitative estimate of drug-likeness (QED) is 0.345. The highest BCUT2D eigenvalue weighted by Gasteiger charge is 2.25. The third kappa shape index (κ3) is 5.18. The van der Waals surface area contributed by atoms with Crippen molar-refractivity contribution in [2.75, 3.05) is 6.54 Å². The average molecular weight is 589 g/mol. The minimum Gasteiger partial charge on any atom is -0.476 e. The number of aromatic amines is 1. The van der Waals surface area contributed by atoms with Gasteiger partial charge in [-0.1, -0.05) is 29.3 Å². The van der Waals surface area contributed by atoms with Crippen LogP contribution in [0.3, 0.4) is 0 Å². The van der Waals surface area contributed by atoms with Crippen LogP contribution in [-0.2, 0) is 13.0 Å². The lowest BCUT2D eigenvalue weighted by atomic mass is 9.98. The third-order valence-electron chi connectivity index (χ3n) is 6.08. The lowest BCUT2D eigenvalue weighted by molar-refractivity contribution is 0.0683. The van der Waals surface area contributed by atoms with Crippen molar-refractivity contribution in [3.63, 3.8) is 0 Å². The van der Waals surface area contributed by atoms with Gasteiger partial charge in [0, 0.05) is 18.7 Å². The van der Waals surface area contributed by atoms with Crippen molar-refractivity contribution in [2.45, 2.75) is 13.0 Å². The molecular formula is C26H16Cl2F2N4O6. The van der Waals surface area contributed by atoms with E-state index in [9.17, 15) is 28.0 Å². The number of fused-ring (bicyclic) bond motifs is 1. The van der Waals surface area contributed by atoms with Crippen LogP contribution >= 0.6 is 23.2 Å². The van der Waals surface area contributed by atoms with E-state index in [0.29, 0.717) is 40.1 Å². The molecule has 0 saturated carbocycles. The van der Waals surface area contributed by atoms with Crippen LogP contribution in [0, 0.1) is 11.6 Å². The van der Waals surface area contributed by atoms with Gasteiger partial charge in [-0.15, -0.1) is 0 Å². The van der Waals surface area contributed by atoms with Crippen molar-refractivity contribution in [3.8, 4) is 17.2 Å². The lowest BCUT2D eigenvalue weighted by Gasteiger charge is -2.29. The number of nitrogens with one attached hydrogen (secondary N) is 1. The summed E-state index contributed by atoms with van der Waals surface area (Å²) in [5, 5.41) is 12.6. The van der Waals surface area contributed by atoms with E-state index in [1.807, 2.05) is 4.98 Å². The standard InChI is InChI=1S/C26H16Cl2F2N4O6/c27-17-9-14(34-26(39)31-23(35)21(32-34)25(37)38)10-18(28)22(17)40-15-2-3-16-13(8-15)5-6-33(24(16)36)11-12-1-4-19(29)20(30)7-12/h1-4,7-10H,5-6,11H2,(H,37,38)(H,31,35,39). The first-order valence-corrected chi connectivity index (χ1v) is 12.3. The zero-order valence-electron chi connectivity index (χ0n) is 20.1. The molecule has 0 radical (unpaired) electrons. The SMILES string of the molecule is O=C(O)c1nn(-c2cc(Cl)c(Oc3ccc4c(c3)CCN(Cc3ccc(F)c(F)c3)C4=O)c(Cl)c2)c(=O)[nH]c1=O. The monoisotopic (exact) mass is 588 g/mol. The normalized spacial score (nSPS) is 12.8. The van der Waals surface area contributed by atoms with E-state index < -0.39 is 34.5 Å². The summed E-state index contributed by atoms with van der Waals surface area (Å²) in [6.07, 6.45) is 0.467. The number of hydrogen-bond acceptors (Lipinski definition) is 6. The molecule has 0 atom stereocenters. The number of carboxylic acids is 1. The van der Waals surface area contributed by atoms with Gasteiger partial charge in [-0.3, -0.25) is 14.6 Å². The number of aromatic nitrogens is 3. The zero-order valence-corrected chi connectivity index (χ0v) is 21.6. The second-order valence-corrected chi connectivity index (χ2v) is 9.52. The molecule has 1 amide bonds. The Morgan fingerprint density at radius 1 is 1.02 bits per heavy atom. The van der Waals surface area contributed by atoms with Gasteiger partial charge in [0.15, 0.2) is 17.4 Å². The number of hydrogen-bond donors (Lipinski definition) is 2. The molecule has 0 unspecified atom stereocenters. The number of H-pyrrole nitrogens is 1. The first-order valence-electron chi connectivity index (χ1n) is 11.5. The van der Waals surface area contributed by atoms with Crippen molar-refractivity contribution in [1.29, 1.82) is 0 Å². The molecule has 0 saturated heterocycles.